The molecule has 0 amide bonds. The molecule has 0 bridgehead atoms. The Balaban J connectivity index is 1.61. The Kier molecular flexibility index (Phi) is 7.10. The molecule has 2 saturated heterocycles. The average Bonchev–Trinajstić information content (AvgIpc) is 2.63. The lowest BCUT2D eigenvalue weighted by molar-refractivity contribution is 0.147. The first-order valence-electron chi connectivity index (χ1n) is 10.4. The zero-order chi connectivity index (χ0) is 18.5. The topological polar surface area (TPSA) is 30.0 Å². The molecule has 0 atom stereocenters. The Morgan fingerprint density at radius 1 is 0.846 bits per heavy atom. The molecule has 146 valence electrons. The van der Waals surface area contributed by atoms with Gasteiger partial charge in [0.25, 0.3) is 0 Å². The molecule has 1 aromatic carbocycles. The third-order valence-corrected chi connectivity index (χ3v) is 6.42. The van der Waals surface area contributed by atoms with Crippen LogP contribution in [-0.4, -0.2) is 72.7 Å². The van der Waals surface area contributed by atoms with Crippen molar-refractivity contribution in [3.8, 4) is 0 Å². The van der Waals surface area contributed by atoms with Gasteiger partial charge in [-0.05, 0) is 81.4 Å². The van der Waals surface area contributed by atoms with E-state index in [0.717, 1.165) is 25.4 Å². The van der Waals surface area contributed by atoms with E-state index in [1.807, 2.05) is 0 Å². The lowest BCUT2D eigenvalue weighted by atomic mass is 9.93. The number of likely N-dealkylation sites (tertiary alicyclic amines) is 1. The summed E-state index contributed by atoms with van der Waals surface area (Å²) in [5, 5.41) is 9.14. The minimum Gasteiger partial charge on any atom is -0.396 e. The molecule has 1 N–H and O–H groups in total. The molecule has 2 aliphatic heterocycles. The van der Waals surface area contributed by atoms with Gasteiger partial charge in [-0.3, -0.25) is 9.80 Å². The number of rotatable bonds is 6. The van der Waals surface area contributed by atoms with Crippen LogP contribution in [0.4, 0.5) is 0 Å². The van der Waals surface area contributed by atoms with Crippen LogP contribution in [0.5, 0.6) is 0 Å². The molecular weight excluding hydrogens is 322 g/mol. The zero-order valence-corrected chi connectivity index (χ0v) is 17.0. The number of piperazine rings is 1. The van der Waals surface area contributed by atoms with E-state index in [4.69, 9.17) is 5.11 Å². The molecule has 26 heavy (non-hydrogen) atoms. The van der Waals surface area contributed by atoms with Crippen LogP contribution < -0.4 is 0 Å². The number of hydrogen-bond donors (Lipinski definition) is 1. The van der Waals surface area contributed by atoms with Crippen molar-refractivity contribution in [1.29, 1.82) is 0 Å². The highest BCUT2D eigenvalue weighted by atomic mass is 16.3. The fourth-order valence-electron chi connectivity index (χ4n) is 4.39. The van der Waals surface area contributed by atoms with E-state index in [1.54, 1.807) is 0 Å². The van der Waals surface area contributed by atoms with Crippen molar-refractivity contribution in [3.63, 3.8) is 0 Å². The first-order valence-corrected chi connectivity index (χ1v) is 10.4. The monoisotopic (exact) mass is 359 g/mol. The minimum atomic E-state index is 0.345. The van der Waals surface area contributed by atoms with Crippen LogP contribution in [0, 0.1) is 19.8 Å². The fraction of sp³-hybridized carbons (Fsp3) is 0.727. The highest BCUT2D eigenvalue weighted by Crippen LogP contribution is 2.24. The van der Waals surface area contributed by atoms with E-state index in [9.17, 15) is 0 Å². The van der Waals surface area contributed by atoms with E-state index in [1.165, 1.54) is 74.4 Å². The van der Waals surface area contributed by atoms with Crippen molar-refractivity contribution in [2.45, 2.75) is 46.2 Å². The van der Waals surface area contributed by atoms with Gasteiger partial charge in [-0.1, -0.05) is 12.1 Å². The second-order valence-corrected chi connectivity index (χ2v) is 8.52. The summed E-state index contributed by atoms with van der Waals surface area (Å²) in [4.78, 5) is 7.62. The fourth-order valence-corrected chi connectivity index (χ4v) is 4.39. The van der Waals surface area contributed by atoms with Crippen LogP contribution in [0.25, 0.3) is 0 Å². The van der Waals surface area contributed by atoms with Gasteiger partial charge < -0.3 is 10.0 Å². The van der Waals surface area contributed by atoms with Gasteiger partial charge in [0.1, 0.15) is 0 Å². The number of aliphatic hydroxyl groups is 1. The number of aryl methyl sites for hydroxylation is 2. The van der Waals surface area contributed by atoms with Crippen LogP contribution >= 0.6 is 0 Å². The Morgan fingerprint density at radius 3 is 1.92 bits per heavy atom. The maximum absolute atomic E-state index is 9.14. The maximum Gasteiger partial charge on any atom is 0.0433 e. The second kappa shape index (κ2) is 9.32. The van der Waals surface area contributed by atoms with Crippen LogP contribution in [-0.2, 0) is 13.1 Å². The average molecular weight is 360 g/mol. The molecule has 0 unspecified atom stereocenters. The third-order valence-electron chi connectivity index (χ3n) is 6.42. The maximum atomic E-state index is 9.14. The Hall–Kier alpha value is -0.940. The zero-order valence-electron chi connectivity index (χ0n) is 17.0. The number of likely N-dealkylation sites (N-methyl/N-ethyl adjacent to an activating group) is 1. The van der Waals surface area contributed by atoms with Gasteiger partial charge in [-0.2, -0.15) is 0 Å². The Labute approximate surface area is 159 Å². The predicted molar refractivity (Wildman–Crippen MR) is 108 cm³/mol. The van der Waals surface area contributed by atoms with Gasteiger partial charge in [-0.15, -0.1) is 0 Å². The number of benzene rings is 1. The quantitative estimate of drug-likeness (QED) is 0.846. The van der Waals surface area contributed by atoms with Gasteiger partial charge in [-0.25, -0.2) is 0 Å². The van der Waals surface area contributed by atoms with Gasteiger partial charge in [0.2, 0.25) is 0 Å². The van der Waals surface area contributed by atoms with Gasteiger partial charge in [0.15, 0.2) is 0 Å². The molecule has 4 heteroatoms. The van der Waals surface area contributed by atoms with Crippen LogP contribution in [0.15, 0.2) is 12.1 Å². The summed E-state index contributed by atoms with van der Waals surface area (Å²) in [5.74, 6) is 0.725. The van der Waals surface area contributed by atoms with E-state index in [-0.39, 0.29) is 0 Å². The molecule has 1 aromatic rings. The number of piperidine rings is 1. The number of aliphatic hydroxyl groups excluding tert-OH is 1. The Morgan fingerprint density at radius 2 is 1.38 bits per heavy atom. The highest BCUT2D eigenvalue weighted by molar-refractivity contribution is 5.37. The van der Waals surface area contributed by atoms with Crippen molar-refractivity contribution in [1.82, 2.24) is 14.7 Å². The summed E-state index contributed by atoms with van der Waals surface area (Å²) in [6, 6.07) is 4.86. The van der Waals surface area contributed by atoms with Crippen molar-refractivity contribution in [3.05, 3.63) is 34.4 Å². The first kappa shape index (κ1) is 19.8. The van der Waals surface area contributed by atoms with Crippen molar-refractivity contribution in [2.75, 3.05) is 52.9 Å². The van der Waals surface area contributed by atoms with E-state index >= 15 is 0 Å². The van der Waals surface area contributed by atoms with Crippen LogP contribution in [0.3, 0.4) is 0 Å². The molecule has 0 radical (unpaired) electrons. The molecule has 2 fully saturated rings. The largest absolute Gasteiger partial charge is 0.396 e. The minimum absolute atomic E-state index is 0.345. The van der Waals surface area contributed by atoms with E-state index in [2.05, 4.69) is 47.7 Å². The molecule has 2 heterocycles. The van der Waals surface area contributed by atoms with E-state index < -0.39 is 0 Å². The summed E-state index contributed by atoms with van der Waals surface area (Å²) < 4.78 is 0. The molecule has 0 saturated carbocycles. The van der Waals surface area contributed by atoms with Gasteiger partial charge in [0, 0.05) is 45.9 Å². The Bertz CT molecular complexity index is 573. The first-order chi connectivity index (χ1) is 12.5. The normalized spacial score (nSPS) is 21.4. The van der Waals surface area contributed by atoms with Crippen molar-refractivity contribution >= 4 is 0 Å². The van der Waals surface area contributed by atoms with Crippen LogP contribution in [0.1, 0.15) is 41.5 Å². The summed E-state index contributed by atoms with van der Waals surface area (Å²) in [7, 11) is 2.22. The molecule has 2 aliphatic rings. The summed E-state index contributed by atoms with van der Waals surface area (Å²) in [5.41, 5.74) is 5.87. The summed E-state index contributed by atoms with van der Waals surface area (Å²) in [6.45, 7) is 14.1. The van der Waals surface area contributed by atoms with Gasteiger partial charge >= 0.3 is 0 Å². The molecular formula is C22H37N3O. The van der Waals surface area contributed by atoms with Crippen molar-refractivity contribution in [2.24, 2.45) is 5.92 Å². The lowest BCUT2D eigenvalue weighted by Crippen LogP contribution is -2.44. The number of hydrogen-bond acceptors (Lipinski definition) is 4. The summed E-state index contributed by atoms with van der Waals surface area (Å²) >= 11 is 0. The SMILES string of the molecule is Cc1cc(C)c(CN2CCN(C)CC2)cc1CN1CCC(CCO)CC1. The third kappa shape index (κ3) is 5.29. The molecule has 4 nitrogen and oxygen atoms in total. The van der Waals surface area contributed by atoms with Crippen molar-refractivity contribution < 1.29 is 5.11 Å². The lowest BCUT2D eigenvalue weighted by Gasteiger charge is -2.33. The highest BCUT2D eigenvalue weighted by Gasteiger charge is 2.20. The van der Waals surface area contributed by atoms with E-state index in [0.29, 0.717) is 6.61 Å². The smallest absolute Gasteiger partial charge is 0.0433 e. The molecule has 0 aliphatic carbocycles. The number of nitrogens with zero attached hydrogens (tertiary/aromatic N) is 3. The van der Waals surface area contributed by atoms with Crippen LogP contribution in [0.2, 0.25) is 0 Å². The molecule has 3 rings (SSSR count). The van der Waals surface area contributed by atoms with Gasteiger partial charge in [0.05, 0.1) is 0 Å². The predicted octanol–water partition coefficient (Wildman–Crippen LogP) is 2.65. The standard InChI is InChI=1S/C22H37N3O/c1-18-14-19(2)22(17-25-11-9-23(3)10-12-25)15-21(18)16-24-7-4-20(5-8-24)6-13-26/h14-15,20,26H,4-13,16-17H2,1-3H3. The molecule has 0 spiro atoms. The second-order valence-electron chi connectivity index (χ2n) is 8.52. The molecule has 0 aromatic heterocycles. The summed E-state index contributed by atoms with van der Waals surface area (Å²) in [6.07, 6.45) is 3.45.